The molecule has 0 saturated heterocycles. The van der Waals surface area contributed by atoms with Crippen LogP contribution in [0.4, 0.5) is 4.39 Å². The summed E-state index contributed by atoms with van der Waals surface area (Å²) in [6.45, 7) is 7.75. The average molecular weight is 312 g/mol. The normalized spacial score (nSPS) is 26.3. The van der Waals surface area contributed by atoms with Crippen molar-refractivity contribution in [3.8, 4) is 0 Å². The summed E-state index contributed by atoms with van der Waals surface area (Å²) in [6.07, 6.45) is 4.68. The van der Waals surface area contributed by atoms with E-state index in [9.17, 15) is 4.39 Å². The molecule has 3 atom stereocenters. The van der Waals surface area contributed by atoms with E-state index >= 15 is 0 Å². The number of hydrogen-bond acceptors (Lipinski definition) is 1. The molecular weight excluding hydrogens is 285 g/mol. The summed E-state index contributed by atoms with van der Waals surface area (Å²) < 4.78 is 13.6. The summed E-state index contributed by atoms with van der Waals surface area (Å²) in [5.41, 5.74) is 0.963. The van der Waals surface area contributed by atoms with Crippen molar-refractivity contribution in [3.05, 3.63) is 34.6 Å². The Morgan fingerprint density at radius 3 is 2.76 bits per heavy atom. The molecule has 3 unspecified atom stereocenters. The minimum Gasteiger partial charge on any atom is -0.314 e. The molecule has 1 aliphatic rings. The van der Waals surface area contributed by atoms with Gasteiger partial charge in [0, 0.05) is 6.04 Å². The average Bonchev–Trinajstić information content (AvgIpc) is 2.43. The predicted molar refractivity (Wildman–Crippen MR) is 88.2 cm³/mol. The second kappa shape index (κ2) is 7.60. The Kier molecular flexibility index (Phi) is 6.07. The molecule has 0 amide bonds. The Morgan fingerprint density at radius 1 is 1.29 bits per heavy atom. The molecule has 21 heavy (non-hydrogen) atoms. The summed E-state index contributed by atoms with van der Waals surface area (Å²) >= 11 is 6.13. The Morgan fingerprint density at radius 2 is 2.05 bits per heavy atom. The lowest BCUT2D eigenvalue weighted by Crippen LogP contribution is -2.36. The molecule has 0 radical (unpaired) electrons. The molecule has 1 N–H and O–H groups in total. The Hall–Kier alpha value is -0.600. The van der Waals surface area contributed by atoms with E-state index in [1.807, 2.05) is 6.07 Å². The zero-order chi connectivity index (χ0) is 15.4. The third-order valence-corrected chi connectivity index (χ3v) is 5.13. The van der Waals surface area contributed by atoms with Gasteiger partial charge in [-0.25, -0.2) is 4.39 Å². The first kappa shape index (κ1) is 16.8. The van der Waals surface area contributed by atoms with Gasteiger partial charge in [-0.15, -0.1) is 0 Å². The van der Waals surface area contributed by atoms with Crippen molar-refractivity contribution in [2.24, 2.45) is 17.8 Å². The van der Waals surface area contributed by atoms with E-state index in [-0.39, 0.29) is 5.82 Å². The summed E-state index contributed by atoms with van der Waals surface area (Å²) in [5, 5.41) is 3.88. The van der Waals surface area contributed by atoms with Gasteiger partial charge in [-0.1, -0.05) is 50.9 Å². The van der Waals surface area contributed by atoms with Gasteiger partial charge in [-0.2, -0.15) is 0 Å². The maximum absolute atomic E-state index is 13.6. The fourth-order valence-corrected chi connectivity index (χ4v) is 3.66. The van der Waals surface area contributed by atoms with Crippen LogP contribution in [0.5, 0.6) is 0 Å². The monoisotopic (exact) mass is 311 g/mol. The molecule has 3 heteroatoms. The Labute approximate surface area is 133 Å². The zero-order valence-corrected chi connectivity index (χ0v) is 14.1. The lowest BCUT2D eigenvalue weighted by Gasteiger charge is -2.36. The van der Waals surface area contributed by atoms with Gasteiger partial charge in [0.15, 0.2) is 0 Å². The third-order valence-electron chi connectivity index (χ3n) is 4.70. The lowest BCUT2D eigenvalue weighted by molar-refractivity contribution is 0.181. The maximum atomic E-state index is 13.6. The number of rotatable bonds is 5. The molecule has 1 aromatic rings. The topological polar surface area (TPSA) is 12.0 Å². The second-order valence-corrected chi connectivity index (χ2v) is 7.30. The first-order valence-corrected chi connectivity index (χ1v) is 8.51. The van der Waals surface area contributed by atoms with Crippen molar-refractivity contribution in [3.63, 3.8) is 0 Å². The van der Waals surface area contributed by atoms with Crippen molar-refractivity contribution in [2.75, 3.05) is 6.54 Å². The van der Waals surface area contributed by atoms with Crippen LogP contribution in [0.15, 0.2) is 18.2 Å². The minimum atomic E-state index is -0.296. The molecule has 118 valence electrons. The highest BCUT2D eigenvalue weighted by Crippen LogP contribution is 2.37. The summed E-state index contributed by atoms with van der Waals surface area (Å²) in [5.74, 6) is 1.73. The molecule has 0 heterocycles. The molecule has 0 bridgehead atoms. The smallest absolute Gasteiger partial charge is 0.142 e. The molecule has 0 aromatic heterocycles. The molecule has 1 aromatic carbocycles. The van der Waals surface area contributed by atoms with E-state index in [0.717, 1.165) is 24.4 Å². The number of nitrogens with one attached hydrogen (secondary N) is 1. The number of halogens is 2. The van der Waals surface area contributed by atoms with E-state index in [2.05, 4.69) is 26.1 Å². The molecule has 1 saturated carbocycles. The van der Waals surface area contributed by atoms with Crippen molar-refractivity contribution in [1.29, 1.82) is 0 Å². The van der Waals surface area contributed by atoms with Crippen LogP contribution >= 0.6 is 11.6 Å². The third kappa shape index (κ3) is 4.69. The molecule has 1 nitrogen and oxygen atoms in total. The van der Waals surface area contributed by atoms with Crippen LogP contribution in [-0.4, -0.2) is 12.6 Å². The predicted octanol–water partition coefficient (Wildman–Crippen LogP) is 5.07. The number of hydrogen-bond donors (Lipinski definition) is 1. The Bertz CT molecular complexity index is 461. The van der Waals surface area contributed by atoms with Crippen LogP contribution < -0.4 is 5.32 Å². The summed E-state index contributed by atoms with van der Waals surface area (Å²) in [4.78, 5) is 0. The molecule has 0 spiro atoms. The maximum Gasteiger partial charge on any atom is 0.142 e. The van der Waals surface area contributed by atoms with Crippen LogP contribution in [0.25, 0.3) is 0 Å². The highest BCUT2D eigenvalue weighted by atomic mass is 35.5. The van der Waals surface area contributed by atoms with Gasteiger partial charge in [0.05, 0.1) is 5.02 Å². The van der Waals surface area contributed by atoms with Gasteiger partial charge in [0.1, 0.15) is 5.82 Å². The zero-order valence-electron chi connectivity index (χ0n) is 13.3. The van der Waals surface area contributed by atoms with Gasteiger partial charge >= 0.3 is 0 Å². The molecule has 1 fully saturated rings. The van der Waals surface area contributed by atoms with Gasteiger partial charge in [-0.05, 0) is 55.2 Å². The van der Waals surface area contributed by atoms with Gasteiger partial charge in [0.25, 0.3) is 0 Å². The lowest BCUT2D eigenvalue weighted by atomic mass is 9.72. The fourth-order valence-electron chi connectivity index (χ4n) is 3.46. The van der Waals surface area contributed by atoms with Crippen molar-refractivity contribution in [1.82, 2.24) is 5.32 Å². The van der Waals surface area contributed by atoms with E-state index in [1.54, 1.807) is 6.07 Å². The number of benzene rings is 1. The van der Waals surface area contributed by atoms with E-state index in [4.69, 9.17) is 11.6 Å². The largest absolute Gasteiger partial charge is 0.314 e. The highest BCUT2D eigenvalue weighted by molar-refractivity contribution is 6.31. The van der Waals surface area contributed by atoms with Crippen LogP contribution in [-0.2, 0) is 6.42 Å². The van der Waals surface area contributed by atoms with Crippen LogP contribution in [0.3, 0.4) is 0 Å². The van der Waals surface area contributed by atoms with E-state index in [0.29, 0.717) is 22.9 Å². The highest BCUT2D eigenvalue weighted by Gasteiger charge is 2.29. The quantitative estimate of drug-likeness (QED) is 0.800. The van der Waals surface area contributed by atoms with E-state index < -0.39 is 0 Å². The van der Waals surface area contributed by atoms with Crippen LogP contribution in [0.2, 0.25) is 5.02 Å². The van der Waals surface area contributed by atoms with Crippen molar-refractivity contribution in [2.45, 2.75) is 52.5 Å². The van der Waals surface area contributed by atoms with Crippen LogP contribution in [0.1, 0.15) is 45.6 Å². The van der Waals surface area contributed by atoms with Crippen molar-refractivity contribution < 1.29 is 4.39 Å². The van der Waals surface area contributed by atoms with Crippen LogP contribution in [0, 0.1) is 23.6 Å². The summed E-state index contributed by atoms with van der Waals surface area (Å²) in [6, 6.07) is 5.69. The fraction of sp³-hybridized carbons (Fsp3) is 0.667. The molecular formula is C18H27ClFN. The van der Waals surface area contributed by atoms with Gasteiger partial charge in [0.2, 0.25) is 0 Å². The Balaban J connectivity index is 2.07. The first-order valence-electron chi connectivity index (χ1n) is 8.13. The first-order chi connectivity index (χ1) is 9.97. The van der Waals surface area contributed by atoms with Gasteiger partial charge in [-0.3, -0.25) is 0 Å². The van der Waals surface area contributed by atoms with E-state index in [1.165, 1.54) is 25.3 Å². The molecule has 1 aliphatic carbocycles. The second-order valence-electron chi connectivity index (χ2n) is 6.92. The van der Waals surface area contributed by atoms with Gasteiger partial charge < -0.3 is 5.32 Å². The summed E-state index contributed by atoms with van der Waals surface area (Å²) in [7, 11) is 0. The molecule has 2 rings (SSSR count). The minimum absolute atomic E-state index is 0.296. The molecule has 0 aliphatic heterocycles. The van der Waals surface area contributed by atoms with Crippen molar-refractivity contribution >= 4 is 11.6 Å². The SMILES string of the molecule is CC1CCC(CNC(C)C)C(Cc2cccc(F)c2Cl)C1. The standard InChI is InChI=1S/C18H27ClFN/c1-12(2)21-11-15-8-7-13(3)9-16(15)10-14-5-4-6-17(20)18(14)19/h4-6,12-13,15-16,21H,7-11H2,1-3H3.